The fraction of sp³-hybridized carbons (Fsp3) is 0.643. The van der Waals surface area contributed by atoms with Crippen molar-refractivity contribution in [1.82, 2.24) is 9.97 Å². The number of ether oxygens (including phenoxy) is 1. The number of amides is 1. The zero-order chi connectivity index (χ0) is 14.8. The summed E-state index contributed by atoms with van der Waals surface area (Å²) in [7, 11) is 0. The van der Waals surface area contributed by atoms with Gasteiger partial charge in [0.15, 0.2) is 0 Å². The summed E-state index contributed by atoms with van der Waals surface area (Å²) in [6.07, 6.45) is 6.90. The van der Waals surface area contributed by atoms with Crippen LogP contribution in [0.5, 0.6) is 0 Å². The number of nitrogens with two attached hydrogens (primary N) is 1. The van der Waals surface area contributed by atoms with Crippen LogP contribution in [-0.4, -0.2) is 27.2 Å². The van der Waals surface area contributed by atoms with Crippen LogP contribution in [0.1, 0.15) is 45.6 Å². The molecule has 0 unspecified atom stereocenters. The maximum Gasteiger partial charge on any atom is 0.414 e. The maximum absolute atomic E-state index is 11.5. The number of aryl methyl sites for hydroxylation is 1. The number of anilines is 1. The first-order valence-electron chi connectivity index (χ1n) is 6.86. The second-order valence-corrected chi connectivity index (χ2v) is 6.40. The number of hydrogen-bond acceptors (Lipinski definition) is 5. The highest BCUT2D eigenvalue weighted by Gasteiger charge is 2.37. The van der Waals surface area contributed by atoms with Gasteiger partial charge in [-0.2, -0.15) is 0 Å². The van der Waals surface area contributed by atoms with Gasteiger partial charge in [-0.15, -0.1) is 0 Å². The van der Waals surface area contributed by atoms with Gasteiger partial charge < -0.3 is 10.5 Å². The SMILES string of the molecule is CC(C)(C)OC(=O)Nc1ncc(CCC2(N)CC2)cn1. The molecule has 0 bridgehead atoms. The molecular weight excluding hydrogens is 256 g/mol. The molecule has 6 nitrogen and oxygen atoms in total. The normalized spacial score (nSPS) is 16.6. The van der Waals surface area contributed by atoms with E-state index >= 15 is 0 Å². The first-order chi connectivity index (χ1) is 9.26. The van der Waals surface area contributed by atoms with Crippen LogP contribution in [0.15, 0.2) is 12.4 Å². The van der Waals surface area contributed by atoms with Crippen LogP contribution >= 0.6 is 0 Å². The maximum atomic E-state index is 11.5. The Morgan fingerprint density at radius 3 is 2.50 bits per heavy atom. The molecule has 1 aromatic rings. The third-order valence-electron chi connectivity index (χ3n) is 3.12. The van der Waals surface area contributed by atoms with Crippen LogP contribution in [0.25, 0.3) is 0 Å². The zero-order valence-corrected chi connectivity index (χ0v) is 12.3. The molecule has 20 heavy (non-hydrogen) atoms. The Morgan fingerprint density at radius 1 is 1.40 bits per heavy atom. The summed E-state index contributed by atoms with van der Waals surface area (Å²) in [5, 5.41) is 2.50. The first-order valence-corrected chi connectivity index (χ1v) is 6.86. The van der Waals surface area contributed by atoms with Gasteiger partial charge in [0.25, 0.3) is 0 Å². The zero-order valence-electron chi connectivity index (χ0n) is 12.3. The van der Waals surface area contributed by atoms with E-state index in [-0.39, 0.29) is 11.5 Å². The number of hydrogen-bond donors (Lipinski definition) is 2. The van der Waals surface area contributed by atoms with Crippen molar-refractivity contribution in [1.29, 1.82) is 0 Å². The Morgan fingerprint density at radius 2 is 2.00 bits per heavy atom. The summed E-state index contributed by atoms with van der Waals surface area (Å²) in [4.78, 5) is 19.8. The lowest BCUT2D eigenvalue weighted by Crippen LogP contribution is -2.27. The summed E-state index contributed by atoms with van der Waals surface area (Å²) in [5.41, 5.74) is 6.56. The molecule has 0 saturated heterocycles. The second kappa shape index (κ2) is 5.36. The molecule has 1 fully saturated rings. The smallest absolute Gasteiger partial charge is 0.414 e. The third-order valence-corrected chi connectivity index (χ3v) is 3.12. The average Bonchev–Trinajstić information content (AvgIpc) is 3.05. The van der Waals surface area contributed by atoms with Crippen molar-refractivity contribution in [3.05, 3.63) is 18.0 Å². The fourth-order valence-corrected chi connectivity index (χ4v) is 1.75. The van der Waals surface area contributed by atoms with Crippen molar-refractivity contribution in [3.63, 3.8) is 0 Å². The van der Waals surface area contributed by atoms with Gasteiger partial charge in [0.1, 0.15) is 5.60 Å². The topological polar surface area (TPSA) is 90.1 Å². The molecule has 1 aromatic heterocycles. The lowest BCUT2D eigenvalue weighted by molar-refractivity contribution is 0.0634. The Balaban J connectivity index is 1.83. The molecule has 6 heteroatoms. The molecule has 0 atom stereocenters. The lowest BCUT2D eigenvalue weighted by Gasteiger charge is -2.19. The van der Waals surface area contributed by atoms with Crippen LogP contribution in [-0.2, 0) is 11.2 Å². The average molecular weight is 278 g/mol. The van der Waals surface area contributed by atoms with Crippen molar-refractivity contribution < 1.29 is 9.53 Å². The van der Waals surface area contributed by atoms with Crippen molar-refractivity contribution in [2.75, 3.05) is 5.32 Å². The Bertz CT molecular complexity index is 475. The highest BCUT2D eigenvalue weighted by Crippen LogP contribution is 2.36. The summed E-state index contributed by atoms with van der Waals surface area (Å²) in [6.45, 7) is 5.41. The van der Waals surface area contributed by atoms with Gasteiger partial charge in [0.05, 0.1) is 0 Å². The van der Waals surface area contributed by atoms with Crippen molar-refractivity contribution >= 4 is 12.0 Å². The molecule has 3 N–H and O–H groups in total. The number of rotatable bonds is 4. The summed E-state index contributed by atoms with van der Waals surface area (Å²) in [6, 6.07) is 0. The molecule has 1 amide bonds. The van der Waals surface area contributed by atoms with E-state index in [1.807, 2.05) is 0 Å². The highest BCUT2D eigenvalue weighted by atomic mass is 16.6. The highest BCUT2D eigenvalue weighted by molar-refractivity contribution is 5.82. The summed E-state index contributed by atoms with van der Waals surface area (Å²) < 4.78 is 5.13. The number of carbonyl (C=O) groups is 1. The van der Waals surface area contributed by atoms with Crippen LogP contribution in [0.4, 0.5) is 10.7 Å². The van der Waals surface area contributed by atoms with Gasteiger partial charge in [0.2, 0.25) is 5.95 Å². The molecule has 0 radical (unpaired) electrons. The summed E-state index contributed by atoms with van der Waals surface area (Å²) >= 11 is 0. The lowest BCUT2D eigenvalue weighted by atomic mass is 10.1. The molecule has 1 heterocycles. The molecule has 0 aromatic carbocycles. The van der Waals surface area contributed by atoms with E-state index in [2.05, 4.69) is 15.3 Å². The Hall–Kier alpha value is -1.69. The van der Waals surface area contributed by atoms with E-state index in [0.717, 1.165) is 31.2 Å². The van der Waals surface area contributed by atoms with Gasteiger partial charge >= 0.3 is 6.09 Å². The van der Waals surface area contributed by atoms with Gasteiger partial charge in [0, 0.05) is 17.9 Å². The van der Waals surface area contributed by atoms with Gasteiger partial charge in [-0.05, 0) is 52.0 Å². The van der Waals surface area contributed by atoms with Crippen molar-refractivity contribution in [2.24, 2.45) is 5.73 Å². The van der Waals surface area contributed by atoms with Crippen LogP contribution in [0.3, 0.4) is 0 Å². The number of nitrogens with one attached hydrogen (secondary N) is 1. The molecule has 110 valence electrons. The van der Waals surface area contributed by atoms with Gasteiger partial charge in [-0.25, -0.2) is 14.8 Å². The van der Waals surface area contributed by atoms with E-state index in [1.54, 1.807) is 33.2 Å². The van der Waals surface area contributed by atoms with Crippen molar-refractivity contribution in [2.45, 2.75) is 57.6 Å². The standard InChI is InChI=1S/C14H22N4O2/c1-13(2,3)20-12(19)18-11-16-8-10(9-17-11)4-5-14(15)6-7-14/h8-9H,4-7,15H2,1-3H3,(H,16,17,18,19). The first kappa shape index (κ1) is 14.7. The molecule has 1 aliphatic carbocycles. The van der Waals surface area contributed by atoms with Gasteiger partial charge in [-0.3, -0.25) is 5.32 Å². The number of nitrogens with zero attached hydrogens (tertiary/aromatic N) is 2. The number of aromatic nitrogens is 2. The molecule has 0 aliphatic heterocycles. The third kappa shape index (κ3) is 4.77. The molecule has 2 rings (SSSR count). The minimum atomic E-state index is -0.552. The van der Waals surface area contributed by atoms with E-state index in [1.165, 1.54) is 0 Å². The Labute approximate surface area is 119 Å². The largest absolute Gasteiger partial charge is 0.444 e. The minimum Gasteiger partial charge on any atom is -0.444 e. The minimum absolute atomic E-state index is 0.0352. The molecule has 1 saturated carbocycles. The van der Waals surface area contributed by atoms with E-state index < -0.39 is 11.7 Å². The van der Waals surface area contributed by atoms with Gasteiger partial charge in [-0.1, -0.05) is 0 Å². The molecule has 0 spiro atoms. The van der Waals surface area contributed by atoms with E-state index in [0.29, 0.717) is 0 Å². The fourth-order valence-electron chi connectivity index (χ4n) is 1.75. The predicted octanol–water partition coefficient (Wildman–Crippen LogP) is 2.25. The monoisotopic (exact) mass is 278 g/mol. The summed E-state index contributed by atoms with van der Waals surface area (Å²) in [5.74, 6) is 0.247. The van der Waals surface area contributed by atoms with Crippen molar-refractivity contribution in [3.8, 4) is 0 Å². The second-order valence-electron chi connectivity index (χ2n) is 6.40. The molecule has 1 aliphatic rings. The van der Waals surface area contributed by atoms with E-state index in [9.17, 15) is 4.79 Å². The van der Waals surface area contributed by atoms with Crippen LogP contribution in [0, 0.1) is 0 Å². The predicted molar refractivity (Wildman–Crippen MR) is 76.4 cm³/mol. The quantitative estimate of drug-likeness (QED) is 0.881. The molecular formula is C14H22N4O2. The Kier molecular flexibility index (Phi) is 3.94. The van der Waals surface area contributed by atoms with Crippen LogP contribution in [0.2, 0.25) is 0 Å². The number of carbonyl (C=O) groups excluding carboxylic acids is 1. The van der Waals surface area contributed by atoms with Crippen LogP contribution < -0.4 is 11.1 Å². The van der Waals surface area contributed by atoms with E-state index in [4.69, 9.17) is 10.5 Å².